The molecule has 0 bridgehead atoms. The molecule has 1 aromatic heterocycles. The first-order valence-electron chi connectivity index (χ1n) is 6.05. The number of fused-ring (bicyclic) bond motifs is 1. The van der Waals surface area contributed by atoms with Crippen LogP contribution in [0.1, 0.15) is 29.8 Å². The number of hydrogen-bond acceptors (Lipinski definition) is 3. The van der Waals surface area contributed by atoms with Gasteiger partial charge in [0.1, 0.15) is 0 Å². The predicted octanol–water partition coefficient (Wildman–Crippen LogP) is 2.01. The Morgan fingerprint density at radius 2 is 2.35 bits per heavy atom. The number of rotatable bonds is 1. The van der Waals surface area contributed by atoms with E-state index in [-0.39, 0.29) is 5.91 Å². The molecular weight excluding hydrogens is 284 g/mol. The molecule has 1 aromatic rings. The van der Waals surface area contributed by atoms with Crippen LogP contribution in [0.25, 0.3) is 0 Å². The number of halogens is 1. The average molecular weight is 299 g/mol. The van der Waals surface area contributed by atoms with E-state index in [0.29, 0.717) is 22.5 Å². The van der Waals surface area contributed by atoms with E-state index >= 15 is 0 Å². The number of carbonyl (C=O) groups excluding carboxylic acids is 1. The Morgan fingerprint density at radius 3 is 3.12 bits per heavy atom. The third kappa shape index (κ3) is 2.02. The standard InChI is InChI=1S/C12H15BrN2O2/c13-11-4-3-10(17-11)12(16)15-7-5-8-9(15)2-1-6-14-8/h3-4,8-9,14H,1-2,5-7H2. The van der Waals surface area contributed by atoms with Crippen LogP contribution in [0.3, 0.4) is 0 Å². The summed E-state index contributed by atoms with van der Waals surface area (Å²) in [6.45, 7) is 1.91. The Balaban J connectivity index is 1.78. The topological polar surface area (TPSA) is 45.5 Å². The monoisotopic (exact) mass is 298 g/mol. The van der Waals surface area contributed by atoms with Crippen LogP contribution in [0.4, 0.5) is 0 Å². The van der Waals surface area contributed by atoms with Gasteiger partial charge >= 0.3 is 0 Å². The zero-order valence-corrected chi connectivity index (χ0v) is 11.1. The first-order chi connectivity index (χ1) is 8.25. The lowest BCUT2D eigenvalue weighted by molar-refractivity contribution is 0.0672. The molecule has 0 saturated carbocycles. The molecule has 5 heteroatoms. The highest BCUT2D eigenvalue weighted by atomic mass is 79.9. The number of hydrogen-bond donors (Lipinski definition) is 1. The summed E-state index contributed by atoms with van der Waals surface area (Å²) in [5.74, 6) is 0.454. The number of carbonyl (C=O) groups is 1. The van der Waals surface area contributed by atoms with Gasteiger partial charge in [0.2, 0.25) is 0 Å². The van der Waals surface area contributed by atoms with Gasteiger partial charge in [-0.05, 0) is 53.9 Å². The van der Waals surface area contributed by atoms with Crippen LogP contribution < -0.4 is 5.32 Å². The zero-order valence-electron chi connectivity index (χ0n) is 9.49. The molecule has 1 N–H and O–H groups in total. The van der Waals surface area contributed by atoms with Crippen molar-refractivity contribution in [3.05, 3.63) is 22.6 Å². The molecule has 2 atom stereocenters. The van der Waals surface area contributed by atoms with Gasteiger partial charge in [-0.3, -0.25) is 4.79 Å². The van der Waals surface area contributed by atoms with Crippen molar-refractivity contribution in [1.82, 2.24) is 10.2 Å². The molecule has 4 nitrogen and oxygen atoms in total. The number of amides is 1. The summed E-state index contributed by atoms with van der Waals surface area (Å²) < 4.78 is 5.95. The van der Waals surface area contributed by atoms with E-state index in [2.05, 4.69) is 21.2 Å². The van der Waals surface area contributed by atoms with Gasteiger partial charge in [-0.2, -0.15) is 0 Å². The summed E-state index contributed by atoms with van der Waals surface area (Å²) in [7, 11) is 0. The van der Waals surface area contributed by atoms with E-state index in [9.17, 15) is 4.79 Å². The van der Waals surface area contributed by atoms with Gasteiger partial charge < -0.3 is 14.6 Å². The average Bonchev–Trinajstić information content (AvgIpc) is 2.94. The summed E-state index contributed by atoms with van der Waals surface area (Å²) in [5, 5.41) is 3.49. The van der Waals surface area contributed by atoms with Crippen LogP contribution in [-0.2, 0) is 0 Å². The third-order valence-corrected chi connectivity index (χ3v) is 4.10. The number of likely N-dealkylation sites (tertiary alicyclic amines) is 1. The Kier molecular flexibility index (Phi) is 2.96. The summed E-state index contributed by atoms with van der Waals surface area (Å²) in [6.07, 6.45) is 3.30. The van der Waals surface area contributed by atoms with Gasteiger partial charge in [0.25, 0.3) is 5.91 Å². The highest BCUT2D eigenvalue weighted by Gasteiger charge is 2.39. The molecule has 2 aliphatic heterocycles. The molecule has 17 heavy (non-hydrogen) atoms. The second-order valence-corrected chi connectivity index (χ2v) is 5.44. The minimum Gasteiger partial charge on any atom is -0.444 e. The van der Waals surface area contributed by atoms with Crippen LogP contribution >= 0.6 is 15.9 Å². The quantitative estimate of drug-likeness (QED) is 0.863. The fourth-order valence-electron chi connectivity index (χ4n) is 2.87. The molecule has 0 aromatic carbocycles. The summed E-state index contributed by atoms with van der Waals surface area (Å²) >= 11 is 3.23. The van der Waals surface area contributed by atoms with Crippen LogP contribution in [0.2, 0.25) is 0 Å². The Morgan fingerprint density at radius 1 is 1.47 bits per heavy atom. The van der Waals surface area contributed by atoms with Crippen LogP contribution in [0.15, 0.2) is 21.2 Å². The van der Waals surface area contributed by atoms with E-state index < -0.39 is 0 Å². The van der Waals surface area contributed by atoms with Gasteiger partial charge in [-0.25, -0.2) is 0 Å². The maximum absolute atomic E-state index is 12.3. The third-order valence-electron chi connectivity index (χ3n) is 3.67. The highest BCUT2D eigenvalue weighted by Crippen LogP contribution is 2.27. The van der Waals surface area contributed by atoms with Crippen LogP contribution in [0, 0.1) is 0 Å². The summed E-state index contributed by atoms with van der Waals surface area (Å²) in [6, 6.07) is 4.32. The summed E-state index contributed by atoms with van der Waals surface area (Å²) in [5.41, 5.74) is 0. The fraction of sp³-hybridized carbons (Fsp3) is 0.583. The SMILES string of the molecule is O=C(c1ccc(Br)o1)N1CCC2NCCCC21. The minimum atomic E-state index is 0.0203. The molecule has 2 aliphatic rings. The molecule has 1 amide bonds. The Labute approximate surface area is 108 Å². The zero-order chi connectivity index (χ0) is 11.8. The number of piperidine rings is 1. The van der Waals surface area contributed by atoms with Crippen molar-refractivity contribution in [3.8, 4) is 0 Å². The number of furan rings is 1. The summed E-state index contributed by atoms with van der Waals surface area (Å²) in [4.78, 5) is 14.3. The lowest BCUT2D eigenvalue weighted by atomic mass is 9.99. The largest absolute Gasteiger partial charge is 0.444 e. The van der Waals surface area contributed by atoms with Crippen molar-refractivity contribution in [2.24, 2.45) is 0 Å². The molecular formula is C12H15BrN2O2. The molecule has 0 aliphatic carbocycles. The molecule has 0 radical (unpaired) electrons. The van der Waals surface area contributed by atoms with Crippen molar-refractivity contribution < 1.29 is 9.21 Å². The van der Waals surface area contributed by atoms with Crippen molar-refractivity contribution in [1.29, 1.82) is 0 Å². The van der Waals surface area contributed by atoms with Gasteiger partial charge in [-0.1, -0.05) is 0 Å². The van der Waals surface area contributed by atoms with E-state index in [4.69, 9.17) is 4.42 Å². The highest BCUT2D eigenvalue weighted by molar-refractivity contribution is 9.10. The first-order valence-corrected chi connectivity index (χ1v) is 6.85. The molecule has 3 heterocycles. The van der Waals surface area contributed by atoms with Gasteiger partial charge in [0.15, 0.2) is 10.4 Å². The normalized spacial score (nSPS) is 28.2. The van der Waals surface area contributed by atoms with Crippen LogP contribution in [-0.4, -0.2) is 36.0 Å². The maximum Gasteiger partial charge on any atom is 0.289 e. The van der Waals surface area contributed by atoms with E-state index in [1.54, 1.807) is 12.1 Å². The molecule has 2 fully saturated rings. The van der Waals surface area contributed by atoms with E-state index in [1.807, 2.05) is 4.90 Å². The number of nitrogens with zero attached hydrogens (tertiary/aromatic N) is 1. The van der Waals surface area contributed by atoms with Gasteiger partial charge in [-0.15, -0.1) is 0 Å². The second kappa shape index (κ2) is 4.46. The fourth-order valence-corrected chi connectivity index (χ4v) is 3.18. The van der Waals surface area contributed by atoms with E-state index in [0.717, 1.165) is 32.4 Å². The lowest BCUT2D eigenvalue weighted by Crippen LogP contribution is -2.48. The first kappa shape index (κ1) is 11.3. The smallest absolute Gasteiger partial charge is 0.289 e. The molecule has 92 valence electrons. The van der Waals surface area contributed by atoms with Crippen molar-refractivity contribution in [2.75, 3.05) is 13.1 Å². The van der Waals surface area contributed by atoms with Crippen molar-refractivity contribution in [2.45, 2.75) is 31.3 Å². The second-order valence-electron chi connectivity index (χ2n) is 4.66. The van der Waals surface area contributed by atoms with Gasteiger partial charge in [0, 0.05) is 18.6 Å². The van der Waals surface area contributed by atoms with Gasteiger partial charge in [0.05, 0.1) is 0 Å². The molecule has 2 saturated heterocycles. The Bertz CT molecular complexity index is 432. The molecule has 2 unspecified atom stereocenters. The predicted molar refractivity (Wildman–Crippen MR) is 66.9 cm³/mol. The minimum absolute atomic E-state index is 0.0203. The maximum atomic E-state index is 12.3. The van der Waals surface area contributed by atoms with Crippen molar-refractivity contribution >= 4 is 21.8 Å². The van der Waals surface area contributed by atoms with Crippen LogP contribution in [0.5, 0.6) is 0 Å². The number of nitrogens with one attached hydrogen (secondary N) is 1. The Hall–Kier alpha value is -0.810. The molecule has 0 spiro atoms. The van der Waals surface area contributed by atoms with E-state index in [1.165, 1.54) is 0 Å². The lowest BCUT2D eigenvalue weighted by Gasteiger charge is -2.31. The molecule has 3 rings (SSSR count). The van der Waals surface area contributed by atoms with Crippen molar-refractivity contribution in [3.63, 3.8) is 0 Å².